The van der Waals surface area contributed by atoms with Gasteiger partial charge in [0.15, 0.2) is 0 Å². The summed E-state index contributed by atoms with van der Waals surface area (Å²) in [7, 11) is -3.83. The van der Waals surface area contributed by atoms with Crippen molar-refractivity contribution in [3.05, 3.63) is 82.4 Å². The number of rotatable bonds is 5. The van der Waals surface area contributed by atoms with Crippen molar-refractivity contribution in [1.82, 2.24) is 0 Å². The normalized spacial score (nSPS) is 15.8. The number of benzene rings is 3. The van der Waals surface area contributed by atoms with E-state index in [9.17, 15) is 8.42 Å². The predicted octanol–water partition coefficient (Wildman–Crippen LogP) is 5.33. The van der Waals surface area contributed by atoms with E-state index in [1.807, 2.05) is 44.2 Å². The third-order valence-electron chi connectivity index (χ3n) is 4.93. The van der Waals surface area contributed by atoms with Gasteiger partial charge >= 0.3 is 0 Å². The van der Waals surface area contributed by atoms with Crippen LogP contribution >= 0.6 is 11.6 Å². The quantitative estimate of drug-likeness (QED) is 0.515. The maximum absolute atomic E-state index is 12.5. The summed E-state index contributed by atoms with van der Waals surface area (Å²) in [6.07, 6.45) is 0.200. The van der Waals surface area contributed by atoms with Crippen molar-refractivity contribution < 1.29 is 17.3 Å². The second-order valence-electron chi connectivity index (χ2n) is 7.28. The lowest BCUT2D eigenvalue weighted by molar-refractivity contribution is 0.152. The van der Waals surface area contributed by atoms with E-state index in [0.29, 0.717) is 11.4 Å². The first-order valence-corrected chi connectivity index (χ1v) is 11.1. The fourth-order valence-electron chi connectivity index (χ4n) is 3.50. The summed E-state index contributed by atoms with van der Waals surface area (Å²) < 4.78 is 36.3. The molecule has 0 radical (unpaired) electrons. The molecule has 1 atom stereocenters. The van der Waals surface area contributed by atoms with Gasteiger partial charge in [0.05, 0.1) is 4.90 Å². The highest BCUT2D eigenvalue weighted by atomic mass is 35.5. The Labute approximate surface area is 176 Å². The molecule has 0 saturated carbocycles. The third kappa shape index (κ3) is 4.17. The van der Waals surface area contributed by atoms with Gasteiger partial charge in [-0.1, -0.05) is 53.6 Å². The van der Waals surface area contributed by atoms with Gasteiger partial charge in [-0.3, -0.25) is 4.18 Å². The molecule has 4 nitrogen and oxygen atoms in total. The molecule has 6 heteroatoms. The van der Waals surface area contributed by atoms with Crippen molar-refractivity contribution >= 4 is 21.7 Å². The van der Waals surface area contributed by atoms with E-state index in [1.165, 1.54) is 0 Å². The molecule has 0 bridgehead atoms. The summed E-state index contributed by atoms with van der Waals surface area (Å²) in [4.78, 5) is 0.145. The van der Waals surface area contributed by atoms with E-state index in [0.717, 1.165) is 33.6 Å². The first-order chi connectivity index (χ1) is 13.8. The Balaban J connectivity index is 1.54. The van der Waals surface area contributed by atoms with E-state index < -0.39 is 10.1 Å². The highest BCUT2D eigenvalue weighted by Gasteiger charge is 2.29. The highest BCUT2D eigenvalue weighted by Crippen LogP contribution is 2.42. The minimum atomic E-state index is -3.83. The molecular weight excluding hydrogens is 408 g/mol. The van der Waals surface area contributed by atoms with Crippen molar-refractivity contribution in [2.75, 3.05) is 6.61 Å². The van der Waals surface area contributed by atoms with Crippen molar-refractivity contribution in [2.24, 2.45) is 0 Å². The van der Waals surface area contributed by atoms with Crippen LogP contribution in [0.25, 0.3) is 11.1 Å². The minimum Gasteiger partial charge on any atom is -0.487 e. The summed E-state index contributed by atoms with van der Waals surface area (Å²) in [5.41, 5.74) is 4.91. The Hall–Kier alpha value is -2.34. The van der Waals surface area contributed by atoms with Gasteiger partial charge in [0.25, 0.3) is 10.1 Å². The molecule has 3 aromatic rings. The molecule has 150 valence electrons. The van der Waals surface area contributed by atoms with Crippen molar-refractivity contribution in [2.45, 2.75) is 31.3 Å². The molecule has 1 aliphatic rings. The molecule has 0 fully saturated rings. The minimum absolute atomic E-state index is 0.0497. The number of aryl methyl sites for hydroxylation is 2. The summed E-state index contributed by atoms with van der Waals surface area (Å²) in [5, 5.41) is 0.644. The van der Waals surface area contributed by atoms with Gasteiger partial charge in [-0.2, -0.15) is 8.42 Å². The van der Waals surface area contributed by atoms with Crippen LogP contribution in [-0.2, 0) is 20.7 Å². The molecule has 4 rings (SSSR count). The van der Waals surface area contributed by atoms with E-state index >= 15 is 0 Å². The van der Waals surface area contributed by atoms with Gasteiger partial charge in [0.2, 0.25) is 0 Å². The lowest BCUT2D eigenvalue weighted by Gasteiger charge is -2.14. The third-order valence-corrected chi connectivity index (χ3v) is 6.55. The van der Waals surface area contributed by atoms with Crippen LogP contribution in [0.15, 0.2) is 65.6 Å². The Morgan fingerprint density at radius 3 is 2.45 bits per heavy atom. The molecule has 0 aliphatic carbocycles. The smallest absolute Gasteiger partial charge is 0.297 e. The van der Waals surface area contributed by atoms with E-state index in [-0.39, 0.29) is 17.6 Å². The molecule has 0 N–H and O–H groups in total. The fourth-order valence-corrected chi connectivity index (χ4v) is 4.68. The number of hydrogen-bond donors (Lipinski definition) is 0. The standard InChI is InChI=1S/C23H21ClO4S/c1-15-7-9-19(10-8-15)29(25,26)27-14-18-13-17-11-16(2)12-21(23(17)28-18)20-5-3-4-6-22(20)24/h3-12,18H,13-14H2,1-2H3. The summed E-state index contributed by atoms with van der Waals surface area (Å²) in [6, 6.07) is 18.3. The molecular formula is C23H21ClO4S. The average Bonchev–Trinajstić information content (AvgIpc) is 3.09. The van der Waals surface area contributed by atoms with Gasteiger partial charge in [0.1, 0.15) is 18.5 Å². The van der Waals surface area contributed by atoms with E-state index in [2.05, 4.69) is 6.07 Å². The molecule has 0 spiro atoms. The second-order valence-corrected chi connectivity index (χ2v) is 9.30. The van der Waals surface area contributed by atoms with Gasteiger partial charge in [-0.05, 0) is 49.2 Å². The van der Waals surface area contributed by atoms with Gasteiger partial charge in [0, 0.05) is 22.6 Å². The summed E-state index contributed by atoms with van der Waals surface area (Å²) >= 11 is 6.39. The van der Waals surface area contributed by atoms with Crippen LogP contribution in [-0.4, -0.2) is 21.1 Å². The molecule has 3 aromatic carbocycles. The molecule has 1 unspecified atom stereocenters. The maximum Gasteiger partial charge on any atom is 0.297 e. The zero-order valence-corrected chi connectivity index (χ0v) is 17.8. The molecule has 0 aromatic heterocycles. The lowest BCUT2D eigenvalue weighted by atomic mass is 9.98. The van der Waals surface area contributed by atoms with Crippen LogP contribution in [0.4, 0.5) is 0 Å². The van der Waals surface area contributed by atoms with Gasteiger partial charge in [-0.15, -0.1) is 0 Å². The van der Waals surface area contributed by atoms with Crippen LogP contribution in [0, 0.1) is 13.8 Å². The van der Waals surface area contributed by atoms with Crippen LogP contribution in [0.3, 0.4) is 0 Å². The van der Waals surface area contributed by atoms with Crippen LogP contribution in [0.1, 0.15) is 16.7 Å². The Bertz CT molecular complexity index is 1150. The van der Waals surface area contributed by atoms with Gasteiger partial charge in [-0.25, -0.2) is 0 Å². The molecule has 29 heavy (non-hydrogen) atoms. The van der Waals surface area contributed by atoms with Crippen LogP contribution < -0.4 is 4.74 Å². The second kappa shape index (κ2) is 7.82. The maximum atomic E-state index is 12.5. The SMILES string of the molecule is Cc1ccc(S(=O)(=O)OCC2Cc3cc(C)cc(-c4ccccc4Cl)c3O2)cc1. The molecule has 0 saturated heterocycles. The molecule has 0 amide bonds. The van der Waals surface area contributed by atoms with Crippen LogP contribution in [0.2, 0.25) is 5.02 Å². The number of halogens is 1. The van der Waals surface area contributed by atoms with Crippen LogP contribution in [0.5, 0.6) is 5.75 Å². The van der Waals surface area contributed by atoms with Crippen molar-refractivity contribution in [3.8, 4) is 16.9 Å². The monoisotopic (exact) mass is 428 g/mol. The topological polar surface area (TPSA) is 52.6 Å². The van der Waals surface area contributed by atoms with Crippen molar-refractivity contribution in [1.29, 1.82) is 0 Å². The molecule has 1 aliphatic heterocycles. The first-order valence-electron chi connectivity index (χ1n) is 9.35. The first kappa shape index (κ1) is 20.0. The molecule has 1 heterocycles. The average molecular weight is 429 g/mol. The Morgan fingerprint density at radius 2 is 1.72 bits per heavy atom. The summed E-state index contributed by atoms with van der Waals surface area (Å²) in [5.74, 6) is 0.741. The number of hydrogen-bond acceptors (Lipinski definition) is 4. The summed E-state index contributed by atoms with van der Waals surface area (Å²) in [6.45, 7) is 3.87. The Kier molecular flexibility index (Phi) is 5.38. The van der Waals surface area contributed by atoms with E-state index in [1.54, 1.807) is 24.3 Å². The zero-order valence-electron chi connectivity index (χ0n) is 16.2. The zero-order chi connectivity index (χ0) is 20.6. The highest BCUT2D eigenvalue weighted by molar-refractivity contribution is 7.86. The predicted molar refractivity (Wildman–Crippen MR) is 114 cm³/mol. The number of ether oxygens (including phenoxy) is 1. The van der Waals surface area contributed by atoms with Gasteiger partial charge < -0.3 is 4.74 Å². The fraction of sp³-hybridized carbons (Fsp3) is 0.217. The Morgan fingerprint density at radius 1 is 1.00 bits per heavy atom. The van der Waals surface area contributed by atoms with E-state index in [4.69, 9.17) is 20.5 Å². The number of fused-ring (bicyclic) bond motifs is 1. The van der Waals surface area contributed by atoms with Crippen molar-refractivity contribution in [3.63, 3.8) is 0 Å². The largest absolute Gasteiger partial charge is 0.487 e. The lowest BCUT2D eigenvalue weighted by Crippen LogP contribution is -2.23.